The molecule has 1 unspecified atom stereocenters. The van der Waals surface area contributed by atoms with Gasteiger partial charge in [-0.25, -0.2) is 4.39 Å². The van der Waals surface area contributed by atoms with Gasteiger partial charge in [-0.15, -0.1) is 0 Å². The van der Waals surface area contributed by atoms with Crippen LogP contribution in [0.3, 0.4) is 0 Å². The molecule has 1 heterocycles. The van der Waals surface area contributed by atoms with Crippen LogP contribution in [-0.2, 0) is 6.42 Å². The average molecular weight is 349 g/mol. The largest absolute Gasteiger partial charge is 0.461 e. The Morgan fingerprint density at radius 2 is 2.00 bits per heavy atom. The van der Waals surface area contributed by atoms with Crippen molar-refractivity contribution in [3.05, 3.63) is 69.6 Å². The number of hydrogen-bond donors (Lipinski definition) is 1. The Hall–Kier alpha value is -1.65. The van der Waals surface area contributed by atoms with E-state index in [0.29, 0.717) is 16.7 Å². The highest BCUT2D eigenvalue weighted by Crippen LogP contribution is 2.32. The van der Waals surface area contributed by atoms with Crippen molar-refractivity contribution < 1.29 is 13.9 Å². The van der Waals surface area contributed by atoms with Gasteiger partial charge in [-0.2, -0.15) is 0 Å². The standard InChI is InChI=1S/C17H14BrFO2/c1-10-17(14-4-2-3-5-16(14)21-10)15(20)8-11-6-12(18)9-13(19)7-11/h2-7,9,15,20H,8H2,1H3. The fourth-order valence-corrected chi connectivity index (χ4v) is 3.17. The zero-order valence-electron chi connectivity index (χ0n) is 11.4. The van der Waals surface area contributed by atoms with Crippen molar-refractivity contribution in [3.8, 4) is 0 Å². The maximum Gasteiger partial charge on any atom is 0.134 e. The van der Waals surface area contributed by atoms with Crippen molar-refractivity contribution in [3.63, 3.8) is 0 Å². The summed E-state index contributed by atoms with van der Waals surface area (Å²) < 4.78 is 19.8. The van der Waals surface area contributed by atoms with Gasteiger partial charge in [0.15, 0.2) is 0 Å². The first-order valence-corrected chi connectivity index (χ1v) is 7.45. The second kappa shape index (κ2) is 5.62. The maximum atomic E-state index is 13.4. The van der Waals surface area contributed by atoms with Gasteiger partial charge in [-0.05, 0) is 36.8 Å². The second-order valence-corrected chi connectivity index (χ2v) is 5.98. The first kappa shape index (κ1) is 14.3. The third-order valence-electron chi connectivity index (χ3n) is 3.50. The second-order valence-electron chi connectivity index (χ2n) is 5.07. The molecule has 0 fully saturated rings. The Balaban J connectivity index is 1.97. The minimum absolute atomic E-state index is 0.319. The Kier molecular flexibility index (Phi) is 3.83. The molecule has 2 aromatic carbocycles. The topological polar surface area (TPSA) is 33.4 Å². The number of hydrogen-bond acceptors (Lipinski definition) is 2. The van der Waals surface area contributed by atoms with Crippen molar-refractivity contribution in [1.82, 2.24) is 0 Å². The summed E-state index contributed by atoms with van der Waals surface area (Å²) in [6.45, 7) is 1.83. The van der Waals surface area contributed by atoms with Crippen LogP contribution in [0.2, 0.25) is 0 Å². The fraction of sp³-hybridized carbons (Fsp3) is 0.176. The van der Waals surface area contributed by atoms with Gasteiger partial charge in [-0.1, -0.05) is 34.1 Å². The molecule has 0 radical (unpaired) electrons. The smallest absolute Gasteiger partial charge is 0.134 e. The molecule has 3 aromatic rings. The highest BCUT2D eigenvalue weighted by atomic mass is 79.9. The number of fused-ring (bicyclic) bond motifs is 1. The molecule has 3 rings (SSSR count). The lowest BCUT2D eigenvalue weighted by atomic mass is 9.99. The van der Waals surface area contributed by atoms with Crippen LogP contribution in [0.15, 0.2) is 51.4 Å². The lowest BCUT2D eigenvalue weighted by Gasteiger charge is -2.11. The lowest BCUT2D eigenvalue weighted by molar-refractivity contribution is 0.177. The Labute approximate surface area is 130 Å². The van der Waals surface area contributed by atoms with Gasteiger partial charge in [0.1, 0.15) is 17.2 Å². The molecule has 1 aromatic heterocycles. The van der Waals surface area contributed by atoms with E-state index in [0.717, 1.165) is 22.1 Å². The van der Waals surface area contributed by atoms with E-state index in [1.165, 1.54) is 12.1 Å². The zero-order valence-corrected chi connectivity index (χ0v) is 13.0. The van der Waals surface area contributed by atoms with Gasteiger partial charge in [0, 0.05) is 21.8 Å². The monoisotopic (exact) mass is 348 g/mol. The maximum absolute atomic E-state index is 13.4. The van der Waals surface area contributed by atoms with Crippen LogP contribution in [0.5, 0.6) is 0 Å². The minimum atomic E-state index is -0.734. The molecule has 0 saturated carbocycles. The van der Waals surface area contributed by atoms with Crippen molar-refractivity contribution in [2.45, 2.75) is 19.4 Å². The van der Waals surface area contributed by atoms with Crippen LogP contribution in [0.1, 0.15) is 23.0 Å². The van der Waals surface area contributed by atoms with E-state index in [1.54, 1.807) is 0 Å². The minimum Gasteiger partial charge on any atom is -0.461 e. The quantitative estimate of drug-likeness (QED) is 0.728. The van der Waals surface area contributed by atoms with E-state index in [-0.39, 0.29) is 5.82 Å². The highest BCUT2D eigenvalue weighted by molar-refractivity contribution is 9.10. The molecule has 4 heteroatoms. The SMILES string of the molecule is Cc1oc2ccccc2c1C(O)Cc1cc(F)cc(Br)c1. The Morgan fingerprint density at radius 1 is 1.24 bits per heavy atom. The summed E-state index contributed by atoms with van der Waals surface area (Å²) in [5, 5.41) is 11.4. The number of rotatable bonds is 3. The molecule has 1 atom stereocenters. The van der Waals surface area contributed by atoms with Gasteiger partial charge in [0.2, 0.25) is 0 Å². The van der Waals surface area contributed by atoms with E-state index in [2.05, 4.69) is 15.9 Å². The molecule has 108 valence electrons. The molecule has 0 aliphatic rings. The van der Waals surface area contributed by atoms with Gasteiger partial charge >= 0.3 is 0 Å². The van der Waals surface area contributed by atoms with Gasteiger partial charge < -0.3 is 9.52 Å². The van der Waals surface area contributed by atoms with E-state index < -0.39 is 6.10 Å². The number of aliphatic hydroxyl groups excluding tert-OH is 1. The van der Waals surface area contributed by atoms with Gasteiger partial charge in [0.25, 0.3) is 0 Å². The number of halogens is 2. The summed E-state index contributed by atoms with van der Waals surface area (Å²) in [7, 11) is 0. The molecule has 0 saturated heterocycles. The molecule has 1 N–H and O–H groups in total. The predicted molar refractivity (Wildman–Crippen MR) is 83.7 cm³/mol. The first-order valence-electron chi connectivity index (χ1n) is 6.65. The van der Waals surface area contributed by atoms with Crippen molar-refractivity contribution >= 4 is 26.9 Å². The van der Waals surface area contributed by atoms with Crippen LogP contribution < -0.4 is 0 Å². The summed E-state index contributed by atoms with van der Waals surface area (Å²) in [5.74, 6) is 0.375. The fourth-order valence-electron chi connectivity index (χ4n) is 2.66. The molecular weight excluding hydrogens is 335 g/mol. The van der Waals surface area contributed by atoms with E-state index in [1.807, 2.05) is 37.3 Å². The molecular formula is C17H14BrFO2. The molecule has 21 heavy (non-hydrogen) atoms. The number of benzene rings is 2. The lowest BCUT2D eigenvalue weighted by Crippen LogP contribution is -2.03. The van der Waals surface area contributed by atoms with E-state index >= 15 is 0 Å². The van der Waals surface area contributed by atoms with Crippen molar-refractivity contribution in [1.29, 1.82) is 0 Å². The zero-order chi connectivity index (χ0) is 15.0. The van der Waals surface area contributed by atoms with Crippen molar-refractivity contribution in [2.75, 3.05) is 0 Å². The van der Waals surface area contributed by atoms with Crippen LogP contribution >= 0.6 is 15.9 Å². The van der Waals surface area contributed by atoms with Gasteiger partial charge in [0.05, 0.1) is 6.10 Å². The molecule has 0 spiro atoms. The van der Waals surface area contributed by atoms with Crippen LogP contribution in [0.4, 0.5) is 4.39 Å². The van der Waals surface area contributed by atoms with Crippen LogP contribution in [0.25, 0.3) is 11.0 Å². The molecule has 0 aliphatic carbocycles. The van der Waals surface area contributed by atoms with Gasteiger partial charge in [-0.3, -0.25) is 0 Å². The number of para-hydroxylation sites is 1. The summed E-state index contributed by atoms with van der Waals surface area (Å²) in [6.07, 6.45) is -0.400. The van der Waals surface area contributed by atoms with Crippen LogP contribution in [-0.4, -0.2) is 5.11 Å². The molecule has 2 nitrogen and oxygen atoms in total. The Bertz CT molecular complexity index is 774. The summed E-state index contributed by atoms with van der Waals surface area (Å²) in [6, 6.07) is 12.2. The van der Waals surface area contributed by atoms with E-state index in [9.17, 15) is 9.50 Å². The van der Waals surface area contributed by atoms with Crippen LogP contribution in [0, 0.1) is 12.7 Å². The normalized spacial score (nSPS) is 12.8. The third kappa shape index (κ3) is 2.87. The number of aliphatic hydroxyl groups is 1. The third-order valence-corrected chi connectivity index (χ3v) is 3.96. The summed E-state index contributed by atoms with van der Waals surface area (Å²) in [5.41, 5.74) is 2.26. The molecule has 0 aliphatic heterocycles. The number of aryl methyl sites for hydroxylation is 1. The number of furan rings is 1. The summed E-state index contributed by atoms with van der Waals surface area (Å²) >= 11 is 3.27. The highest BCUT2D eigenvalue weighted by Gasteiger charge is 2.19. The Morgan fingerprint density at radius 3 is 2.76 bits per heavy atom. The van der Waals surface area contributed by atoms with Crippen molar-refractivity contribution in [2.24, 2.45) is 0 Å². The average Bonchev–Trinajstić information content (AvgIpc) is 2.73. The molecule has 0 amide bonds. The summed E-state index contributed by atoms with van der Waals surface area (Å²) in [4.78, 5) is 0. The first-order chi connectivity index (χ1) is 10.0. The van der Waals surface area contributed by atoms with E-state index in [4.69, 9.17) is 4.42 Å². The predicted octanol–water partition coefficient (Wildman–Crippen LogP) is 4.92. The molecule has 0 bridgehead atoms.